The predicted molar refractivity (Wildman–Crippen MR) is 119 cm³/mol. The second kappa shape index (κ2) is 8.90. The van der Waals surface area contributed by atoms with Crippen molar-refractivity contribution < 1.29 is 17.4 Å². The van der Waals surface area contributed by atoms with Gasteiger partial charge in [0.05, 0.1) is 22.9 Å². The van der Waals surface area contributed by atoms with E-state index in [-0.39, 0.29) is 15.7 Å². The maximum Gasteiger partial charge on any atom is 0.240 e. The molecule has 0 atom stereocenters. The monoisotopic (exact) mass is 434 g/mol. The fourth-order valence-corrected chi connectivity index (χ4v) is 4.03. The second-order valence-corrected chi connectivity index (χ2v) is 8.95. The number of hydrogen-bond donors (Lipinski definition) is 3. The fraction of sp³-hybridized carbons (Fsp3) is 0.350. The highest BCUT2D eigenvalue weighted by Crippen LogP contribution is 2.39. The van der Waals surface area contributed by atoms with Crippen molar-refractivity contribution in [3.05, 3.63) is 59.7 Å². The minimum atomic E-state index is -3.56. The van der Waals surface area contributed by atoms with Gasteiger partial charge in [0.2, 0.25) is 16.0 Å². The molecule has 0 aliphatic heterocycles. The van der Waals surface area contributed by atoms with E-state index in [1.807, 2.05) is 6.07 Å². The summed E-state index contributed by atoms with van der Waals surface area (Å²) < 4.78 is 31.8. The zero-order valence-corrected chi connectivity index (χ0v) is 17.4. The van der Waals surface area contributed by atoms with Gasteiger partial charge in [-0.3, -0.25) is 5.10 Å². The predicted octanol–water partition coefficient (Wildman–Crippen LogP) is 3.07. The molecule has 1 saturated carbocycles. The molecule has 1 fully saturated rings. The van der Waals surface area contributed by atoms with E-state index < -0.39 is 10.0 Å². The van der Waals surface area contributed by atoms with Crippen LogP contribution in [0.15, 0.2) is 47.5 Å². The van der Waals surface area contributed by atoms with Gasteiger partial charge in [0.25, 0.3) is 0 Å². The van der Waals surface area contributed by atoms with Crippen molar-refractivity contribution in [2.24, 2.45) is 0 Å². The highest BCUT2D eigenvalue weighted by molar-refractivity contribution is 7.89. The normalized spacial score (nSPS) is 14.0. The lowest BCUT2D eigenvalue weighted by Crippen LogP contribution is -2.27. The summed E-state index contributed by atoms with van der Waals surface area (Å²) >= 11 is 0. The third-order valence-corrected chi connectivity index (χ3v) is 6.23. The van der Waals surface area contributed by atoms with Crippen LogP contribution in [0.25, 0.3) is 0 Å². The molecule has 1 aromatic carbocycles. The molecule has 3 N–H and O–H groups in total. The molecule has 10 heteroatoms. The van der Waals surface area contributed by atoms with E-state index in [4.69, 9.17) is 4.74 Å². The zero-order chi connectivity index (χ0) is 21.0. The molecule has 9 nitrogen and oxygen atoms in total. The van der Waals surface area contributed by atoms with Gasteiger partial charge in [0.1, 0.15) is 0 Å². The molecule has 30 heavy (non-hydrogen) atoms. The van der Waals surface area contributed by atoms with E-state index in [0.717, 1.165) is 17.1 Å². The third-order valence-electron chi connectivity index (χ3n) is 4.75. The summed E-state index contributed by atoms with van der Waals surface area (Å²) in [7, 11) is -2.04. The number of methoxy groups -OCH3 is 1. The molecule has 0 bridgehead atoms. The molecule has 0 amide bonds. The largest absolute Gasteiger partial charge is 0.383 e. The Bertz CT molecular complexity index is 1110. The number of nitrogens with one attached hydrogen (secondary N) is 3. The quantitative estimate of drug-likeness (QED) is 0.419. The van der Waals surface area contributed by atoms with E-state index in [2.05, 4.69) is 36.3 Å². The number of rotatable bonds is 10. The van der Waals surface area contributed by atoms with Crippen LogP contribution in [0.4, 0.5) is 11.6 Å². The summed E-state index contributed by atoms with van der Waals surface area (Å²) in [4.78, 5) is 8.97. The molecule has 0 unspecified atom stereocenters. The Labute approximate surface area is 179 Å². The van der Waals surface area contributed by atoms with Crippen molar-refractivity contribution >= 4 is 21.7 Å². The van der Waals surface area contributed by atoms with Crippen LogP contribution in [0.1, 0.15) is 40.1 Å². The molecular formula is C20H30N6O3S. The molecule has 1 aliphatic carbocycles. The number of sulfonamides is 1. The molecule has 1 aliphatic rings. The number of benzene rings is 1. The van der Waals surface area contributed by atoms with Crippen LogP contribution >= 0.6 is 0 Å². The summed E-state index contributed by atoms with van der Waals surface area (Å²) in [5.41, 5.74) is 3.71. The number of H-pyrrole nitrogens is 1. The molecule has 3 aromatic rings. The van der Waals surface area contributed by atoms with E-state index in [0.29, 0.717) is 30.6 Å². The van der Waals surface area contributed by atoms with E-state index in [1.54, 1.807) is 18.3 Å². The van der Waals surface area contributed by atoms with E-state index in [9.17, 15) is 8.42 Å². The van der Waals surface area contributed by atoms with Gasteiger partial charge in [0.15, 0.2) is 0 Å². The van der Waals surface area contributed by atoms with Gasteiger partial charge in [-0.05, 0) is 49.2 Å². The first-order valence-electron chi connectivity index (χ1n) is 9.75. The van der Waals surface area contributed by atoms with Gasteiger partial charge in [0, 0.05) is 47.9 Å². The Kier molecular flexibility index (Phi) is 6.07. The fourth-order valence-electron chi connectivity index (χ4n) is 3.02. The van der Waals surface area contributed by atoms with Gasteiger partial charge in [-0.2, -0.15) is 5.10 Å². The third kappa shape index (κ3) is 5.21. The van der Waals surface area contributed by atoms with Crippen molar-refractivity contribution in [3.63, 3.8) is 0 Å². The molecule has 164 valence electrons. The van der Waals surface area contributed by atoms with Crippen molar-refractivity contribution in [1.29, 1.82) is 0 Å². The SMILES string of the molecule is COCCNS(=O)(=O)c1ccc(Nc2nccc(Cc3cc(C4CC4)n[nH]3)n2)cc1.[HH].[HH].[HH]. The summed E-state index contributed by atoms with van der Waals surface area (Å²) in [6.45, 7) is 0.533. The minimum Gasteiger partial charge on any atom is -0.383 e. The van der Waals surface area contributed by atoms with Crippen LogP contribution in [0.3, 0.4) is 0 Å². The Morgan fingerprint density at radius 3 is 2.77 bits per heavy atom. The molecule has 0 saturated heterocycles. The zero-order valence-electron chi connectivity index (χ0n) is 16.6. The molecule has 2 aromatic heterocycles. The lowest BCUT2D eigenvalue weighted by molar-refractivity contribution is 0.204. The summed E-state index contributed by atoms with van der Waals surface area (Å²) in [5.74, 6) is 1.06. The second-order valence-electron chi connectivity index (χ2n) is 7.18. The number of anilines is 2. The molecule has 0 radical (unpaired) electrons. The summed E-state index contributed by atoms with van der Waals surface area (Å²) in [5, 5.41) is 10.6. The van der Waals surface area contributed by atoms with Gasteiger partial charge in [-0.25, -0.2) is 23.1 Å². The number of hydrogen-bond acceptors (Lipinski definition) is 7. The van der Waals surface area contributed by atoms with Crippen LogP contribution in [-0.2, 0) is 21.2 Å². The number of aromatic nitrogens is 4. The summed E-state index contributed by atoms with van der Waals surface area (Å²) in [6.07, 6.45) is 4.77. The Balaban J connectivity index is 0.00000181. The van der Waals surface area contributed by atoms with Crippen molar-refractivity contribution in [1.82, 2.24) is 24.9 Å². The molecular weight excluding hydrogens is 404 g/mol. The van der Waals surface area contributed by atoms with Gasteiger partial charge in [-0.1, -0.05) is 0 Å². The maximum atomic E-state index is 12.2. The smallest absolute Gasteiger partial charge is 0.240 e. The lowest BCUT2D eigenvalue weighted by Gasteiger charge is -2.09. The highest BCUT2D eigenvalue weighted by Gasteiger charge is 2.26. The molecule has 2 heterocycles. The Morgan fingerprint density at radius 2 is 2.03 bits per heavy atom. The van der Waals surface area contributed by atoms with Crippen LogP contribution in [0.5, 0.6) is 0 Å². The number of nitrogens with zero attached hydrogens (tertiary/aromatic N) is 3. The van der Waals surface area contributed by atoms with Gasteiger partial charge >= 0.3 is 0 Å². The van der Waals surface area contributed by atoms with Crippen molar-refractivity contribution in [2.75, 3.05) is 25.6 Å². The lowest BCUT2D eigenvalue weighted by atomic mass is 10.2. The number of ether oxygens (including phenoxy) is 1. The van der Waals surface area contributed by atoms with E-state index >= 15 is 0 Å². The Hall–Kier alpha value is -2.82. The summed E-state index contributed by atoms with van der Waals surface area (Å²) in [6, 6.07) is 10.4. The molecule has 4 rings (SSSR count). The standard InChI is InChI=1S/C20H24N6O3S.3H2/c1-29-11-10-22-30(27,28)18-6-4-15(5-7-18)23-20-21-9-8-16(24-20)12-17-13-19(26-25-17)14-2-3-14;;;/h4-9,13-14,22H,2-3,10-12H2,1H3,(H,25,26)(H,21,23,24);3*1H. The average molecular weight is 435 g/mol. The van der Waals surface area contributed by atoms with Crippen LogP contribution in [0.2, 0.25) is 0 Å². The maximum absolute atomic E-state index is 12.2. The Morgan fingerprint density at radius 1 is 1.23 bits per heavy atom. The molecule has 0 spiro atoms. The van der Waals surface area contributed by atoms with Gasteiger partial charge in [-0.15, -0.1) is 0 Å². The average Bonchev–Trinajstić information content (AvgIpc) is 3.48. The highest BCUT2D eigenvalue weighted by atomic mass is 32.2. The van der Waals surface area contributed by atoms with Gasteiger partial charge < -0.3 is 10.1 Å². The topological polar surface area (TPSA) is 122 Å². The van der Waals surface area contributed by atoms with Crippen LogP contribution in [-0.4, -0.2) is 48.8 Å². The van der Waals surface area contributed by atoms with Crippen LogP contribution in [0, 0.1) is 0 Å². The first-order valence-corrected chi connectivity index (χ1v) is 11.2. The van der Waals surface area contributed by atoms with Crippen LogP contribution < -0.4 is 10.0 Å². The number of aromatic amines is 1. The minimum absolute atomic E-state index is 0. The van der Waals surface area contributed by atoms with E-state index in [1.165, 1.54) is 32.1 Å². The van der Waals surface area contributed by atoms with Crippen molar-refractivity contribution in [3.8, 4) is 0 Å². The first-order chi connectivity index (χ1) is 14.5. The first kappa shape index (κ1) is 20.5. The van der Waals surface area contributed by atoms with Crippen molar-refractivity contribution in [2.45, 2.75) is 30.1 Å².